The van der Waals surface area contributed by atoms with Crippen molar-refractivity contribution in [2.45, 2.75) is 18.9 Å². The van der Waals surface area contributed by atoms with Crippen LogP contribution in [0.4, 0.5) is 8.78 Å². The highest BCUT2D eigenvalue weighted by Gasteiger charge is 2.22. The minimum atomic E-state index is -1.01. The van der Waals surface area contributed by atoms with Gasteiger partial charge < -0.3 is 15.0 Å². The van der Waals surface area contributed by atoms with Crippen LogP contribution in [0.3, 0.4) is 0 Å². The monoisotopic (exact) mass is 298 g/mol. The van der Waals surface area contributed by atoms with Gasteiger partial charge >= 0.3 is 0 Å². The molecule has 0 bridgehead atoms. The lowest BCUT2D eigenvalue weighted by Gasteiger charge is -2.25. The summed E-state index contributed by atoms with van der Waals surface area (Å²) >= 11 is 0. The van der Waals surface area contributed by atoms with Crippen molar-refractivity contribution in [3.8, 4) is 0 Å². The highest BCUT2D eigenvalue weighted by atomic mass is 19.2. The lowest BCUT2D eigenvalue weighted by Crippen LogP contribution is -2.42. The zero-order valence-corrected chi connectivity index (χ0v) is 12.1. The molecule has 1 atom stereocenters. The van der Waals surface area contributed by atoms with E-state index in [0.717, 1.165) is 31.5 Å². The van der Waals surface area contributed by atoms with Gasteiger partial charge in [-0.25, -0.2) is 8.78 Å². The van der Waals surface area contributed by atoms with Gasteiger partial charge in [0.15, 0.2) is 11.6 Å². The third kappa shape index (κ3) is 4.22. The van der Waals surface area contributed by atoms with Crippen molar-refractivity contribution in [1.82, 2.24) is 10.2 Å². The first-order valence-corrected chi connectivity index (χ1v) is 7.08. The third-order valence-electron chi connectivity index (χ3n) is 3.62. The molecule has 116 valence electrons. The number of rotatable bonds is 6. The molecule has 0 radical (unpaired) electrons. The maximum Gasteiger partial charge on any atom is 0.254 e. The van der Waals surface area contributed by atoms with Crippen molar-refractivity contribution in [1.29, 1.82) is 0 Å². The Morgan fingerprint density at radius 1 is 1.43 bits per heavy atom. The Balaban J connectivity index is 2.09. The number of carbonyl (C=O) groups is 1. The molecule has 0 aliphatic carbocycles. The second-order valence-electron chi connectivity index (χ2n) is 5.17. The number of ether oxygens (including phenoxy) is 1. The van der Waals surface area contributed by atoms with E-state index in [0.29, 0.717) is 19.7 Å². The summed E-state index contributed by atoms with van der Waals surface area (Å²) in [5.74, 6) is -2.27. The fourth-order valence-electron chi connectivity index (χ4n) is 2.47. The van der Waals surface area contributed by atoms with Crippen LogP contribution in [0.25, 0.3) is 0 Å². The summed E-state index contributed by atoms with van der Waals surface area (Å²) in [7, 11) is 1.56. The van der Waals surface area contributed by atoms with Crippen LogP contribution in [0.5, 0.6) is 0 Å². The standard InChI is InChI=1S/C15H20F2N2O2/c1-21-8-7-19(10-12-3-2-6-18-12)15(20)11-4-5-13(16)14(17)9-11/h4-5,9,12,18H,2-3,6-8,10H2,1H3. The Kier molecular flexibility index (Phi) is 5.64. The van der Waals surface area contributed by atoms with Crippen LogP contribution in [-0.4, -0.2) is 50.2 Å². The van der Waals surface area contributed by atoms with Gasteiger partial charge in [-0.05, 0) is 37.6 Å². The van der Waals surface area contributed by atoms with Gasteiger partial charge in [0.05, 0.1) is 6.61 Å². The minimum absolute atomic E-state index is 0.156. The highest BCUT2D eigenvalue weighted by molar-refractivity contribution is 5.94. The van der Waals surface area contributed by atoms with E-state index >= 15 is 0 Å². The number of methoxy groups -OCH3 is 1. The van der Waals surface area contributed by atoms with Gasteiger partial charge in [0.25, 0.3) is 5.91 Å². The number of halogens is 2. The molecule has 1 fully saturated rings. The first-order valence-electron chi connectivity index (χ1n) is 7.08. The molecule has 2 rings (SSSR count). The van der Waals surface area contributed by atoms with Gasteiger partial charge in [0.2, 0.25) is 0 Å². The molecule has 1 aliphatic heterocycles. The number of carbonyl (C=O) groups excluding carboxylic acids is 1. The van der Waals surface area contributed by atoms with Gasteiger partial charge in [-0.2, -0.15) is 0 Å². The zero-order chi connectivity index (χ0) is 15.2. The maximum atomic E-state index is 13.3. The van der Waals surface area contributed by atoms with E-state index in [4.69, 9.17) is 4.74 Å². The van der Waals surface area contributed by atoms with Crippen LogP contribution in [0, 0.1) is 11.6 Å². The summed E-state index contributed by atoms with van der Waals surface area (Å²) in [4.78, 5) is 14.1. The topological polar surface area (TPSA) is 41.6 Å². The molecule has 0 aromatic heterocycles. The van der Waals surface area contributed by atoms with E-state index in [2.05, 4.69) is 5.32 Å². The zero-order valence-electron chi connectivity index (χ0n) is 12.1. The first-order chi connectivity index (χ1) is 10.1. The molecule has 4 nitrogen and oxygen atoms in total. The quantitative estimate of drug-likeness (QED) is 0.871. The van der Waals surface area contributed by atoms with E-state index in [9.17, 15) is 13.6 Å². The van der Waals surface area contributed by atoms with Gasteiger partial charge in [-0.3, -0.25) is 4.79 Å². The van der Waals surface area contributed by atoms with E-state index in [1.165, 1.54) is 6.07 Å². The predicted octanol–water partition coefficient (Wildman–Crippen LogP) is 1.81. The smallest absolute Gasteiger partial charge is 0.254 e. The summed E-state index contributed by atoms with van der Waals surface area (Å²) in [5.41, 5.74) is 0.156. The highest BCUT2D eigenvalue weighted by Crippen LogP contribution is 2.13. The number of nitrogens with zero attached hydrogens (tertiary/aromatic N) is 1. The molecule has 21 heavy (non-hydrogen) atoms. The second kappa shape index (κ2) is 7.47. The lowest BCUT2D eigenvalue weighted by atomic mass is 10.1. The van der Waals surface area contributed by atoms with Gasteiger partial charge in [-0.1, -0.05) is 0 Å². The van der Waals surface area contributed by atoms with Crippen LogP contribution in [-0.2, 0) is 4.74 Å². The summed E-state index contributed by atoms with van der Waals surface area (Å²) in [6.45, 7) is 2.32. The number of nitrogens with one attached hydrogen (secondary N) is 1. The van der Waals surface area contributed by atoms with Crippen LogP contribution in [0.2, 0.25) is 0 Å². The molecule has 1 N–H and O–H groups in total. The molecule has 0 spiro atoms. The van der Waals surface area contributed by atoms with Crippen molar-refractivity contribution < 1.29 is 18.3 Å². The van der Waals surface area contributed by atoms with E-state index in [-0.39, 0.29) is 17.5 Å². The Bertz CT molecular complexity index is 491. The fraction of sp³-hybridized carbons (Fsp3) is 0.533. The Morgan fingerprint density at radius 3 is 2.86 bits per heavy atom. The summed E-state index contributed by atoms with van der Waals surface area (Å²) in [6.07, 6.45) is 2.09. The van der Waals surface area contributed by atoms with E-state index < -0.39 is 11.6 Å². The van der Waals surface area contributed by atoms with Crippen molar-refractivity contribution >= 4 is 5.91 Å². The molecule has 1 saturated heterocycles. The van der Waals surface area contributed by atoms with Crippen molar-refractivity contribution in [3.05, 3.63) is 35.4 Å². The molecule has 6 heteroatoms. The van der Waals surface area contributed by atoms with Crippen LogP contribution in [0.15, 0.2) is 18.2 Å². The van der Waals surface area contributed by atoms with Gasteiger partial charge in [-0.15, -0.1) is 0 Å². The average Bonchev–Trinajstić information content (AvgIpc) is 2.98. The Hall–Kier alpha value is -1.53. The summed E-state index contributed by atoms with van der Waals surface area (Å²) in [5, 5.41) is 3.32. The van der Waals surface area contributed by atoms with Crippen molar-refractivity contribution in [2.75, 3.05) is 33.4 Å². The van der Waals surface area contributed by atoms with E-state index in [1.54, 1.807) is 12.0 Å². The molecule has 0 saturated carbocycles. The molecule has 1 aliphatic rings. The normalized spacial score (nSPS) is 18.0. The van der Waals surface area contributed by atoms with Gasteiger partial charge in [0, 0.05) is 31.8 Å². The number of amides is 1. The summed E-state index contributed by atoms with van der Waals surface area (Å²) in [6, 6.07) is 3.48. The molecular weight excluding hydrogens is 278 g/mol. The lowest BCUT2D eigenvalue weighted by molar-refractivity contribution is 0.0678. The van der Waals surface area contributed by atoms with Crippen LogP contribution < -0.4 is 5.32 Å². The second-order valence-corrected chi connectivity index (χ2v) is 5.17. The third-order valence-corrected chi connectivity index (χ3v) is 3.62. The molecular formula is C15H20F2N2O2. The fourth-order valence-corrected chi connectivity index (χ4v) is 2.47. The SMILES string of the molecule is COCCN(CC1CCCN1)C(=O)c1ccc(F)c(F)c1. The van der Waals surface area contributed by atoms with Crippen molar-refractivity contribution in [2.24, 2.45) is 0 Å². The molecule has 1 unspecified atom stereocenters. The molecule has 1 heterocycles. The Morgan fingerprint density at radius 2 is 2.24 bits per heavy atom. The van der Waals surface area contributed by atoms with Crippen LogP contribution in [0.1, 0.15) is 23.2 Å². The maximum absolute atomic E-state index is 13.3. The van der Waals surface area contributed by atoms with Crippen molar-refractivity contribution in [3.63, 3.8) is 0 Å². The first kappa shape index (κ1) is 15.9. The van der Waals surface area contributed by atoms with E-state index in [1.807, 2.05) is 0 Å². The average molecular weight is 298 g/mol. The number of hydrogen-bond donors (Lipinski definition) is 1. The molecule has 1 aromatic rings. The number of hydrogen-bond acceptors (Lipinski definition) is 3. The minimum Gasteiger partial charge on any atom is -0.383 e. The largest absolute Gasteiger partial charge is 0.383 e. The molecule has 1 amide bonds. The van der Waals surface area contributed by atoms with Gasteiger partial charge in [0.1, 0.15) is 0 Å². The number of benzene rings is 1. The van der Waals surface area contributed by atoms with Crippen LogP contribution >= 0.6 is 0 Å². The Labute approximate surface area is 123 Å². The summed E-state index contributed by atoms with van der Waals surface area (Å²) < 4.78 is 31.3. The molecule has 1 aromatic carbocycles. The predicted molar refractivity (Wildman–Crippen MR) is 75.2 cm³/mol.